The second kappa shape index (κ2) is 6.50. The summed E-state index contributed by atoms with van der Waals surface area (Å²) in [7, 11) is 0. The van der Waals surface area contributed by atoms with Crippen LogP contribution in [0.5, 0.6) is 0 Å². The first-order chi connectivity index (χ1) is 9.24. The van der Waals surface area contributed by atoms with Crippen molar-refractivity contribution in [1.82, 2.24) is 9.97 Å². The quantitative estimate of drug-likeness (QED) is 0.781. The number of H-pyrrole nitrogens is 1. The van der Waals surface area contributed by atoms with Crippen LogP contribution < -0.4 is 5.73 Å². The first-order valence-electron chi connectivity index (χ1n) is 6.56. The summed E-state index contributed by atoms with van der Waals surface area (Å²) in [5.41, 5.74) is 10.4. The molecule has 1 aromatic carbocycles. The zero-order valence-electron chi connectivity index (χ0n) is 11.5. The SMILES string of the molecule is Cc1cccc(C(COCCN)c2cnc[nH]2)c1C. The lowest BCUT2D eigenvalue weighted by Gasteiger charge is -2.19. The predicted molar refractivity (Wildman–Crippen MR) is 76.2 cm³/mol. The molecular formula is C15H21N3O. The Morgan fingerprint density at radius 3 is 2.89 bits per heavy atom. The van der Waals surface area contributed by atoms with Crippen LogP contribution in [0.1, 0.15) is 28.3 Å². The lowest BCUT2D eigenvalue weighted by atomic mass is 9.91. The summed E-state index contributed by atoms with van der Waals surface area (Å²) in [4.78, 5) is 7.30. The van der Waals surface area contributed by atoms with Gasteiger partial charge in [0.1, 0.15) is 0 Å². The highest BCUT2D eigenvalue weighted by atomic mass is 16.5. The molecule has 0 saturated carbocycles. The molecule has 0 amide bonds. The number of nitrogens with two attached hydrogens (primary N) is 1. The number of nitrogens with zero attached hydrogens (tertiary/aromatic N) is 1. The number of aryl methyl sites for hydroxylation is 1. The van der Waals surface area contributed by atoms with Crippen LogP contribution in [0.15, 0.2) is 30.7 Å². The van der Waals surface area contributed by atoms with E-state index in [1.807, 2.05) is 6.20 Å². The average Bonchev–Trinajstić information content (AvgIpc) is 2.92. The number of rotatable bonds is 6. The maximum atomic E-state index is 5.65. The van der Waals surface area contributed by atoms with E-state index in [2.05, 4.69) is 42.0 Å². The Balaban J connectivity index is 2.29. The van der Waals surface area contributed by atoms with E-state index in [9.17, 15) is 0 Å². The summed E-state index contributed by atoms with van der Waals surface area (Å²) in [6.07, 6.45) is 3.56. The highest BCUT2D eigenvalue weighted by molar-refractivity contribution is 5.39. The molecule has 4 nitrogen and oxygen atoms in total. The summed E-state index contributed by atoms with van der Waals surface area (Å²) in [6.45, 7) is 6.02. The molecule has 1 atom stereocenters. The Morgan fingerprint density at radius 2 is 2.21 bits per heavy atom. The van der Waals surface area contributed by atoms with Gasteiger partial charge in [0.25, 0.3) is 0 Å². The second-order valence-corrected chi connectivity index (χ2v) is 4.71. The third kappa shape index (κ3) is 3.22. The van der Waals surface area contributed by atoms with Crippen LogP contribution in [0, 0.1) is 13.8 Å². The van der Waals surface area contributed by atoms with Crippen LogP contribution in [0.4, 0.5) is 0 Å². The number of ether oxygens (including phenoxy) is 1. The van der Waals surface area contributed by atoms with Crippen LogP contribution in [-0.2, 0) is 4.74 Å². The Hall–Kier alpha value is -1.65. The van der Waals surface area contributed by atoms with Crippen LogP contribution in [0.3, 0.4) is 0 Å². The average molecular weight is 259 g/mol. The summed E-state index contributed by atoms with van der Waals surface area (Å²) >= 11 is 0. The Morgan fingerprint density at radius 1 is 1.37 bits per heavy atom. The van der Waals surface area contributed by atoms with Gasteiger partial charge in [-0.2, -0.15) is 0 Å². The van der Waals surface area contributed by atoms with Gasteiger partial charge in [-0.15, -0.1) is 0 Å². The van der Waals surface area contributed by atoms with Crippen molar-refractivity contribution < 1.29 is 4.74 Å². The molecule has 0 fully saturated rings. The smallest absolute Gasteiger partial charge is 0.0921 e. The van der Waals surface area contributed by atoms with E-state index in [-0.39, 0.29) is 5.92 Å². The van der Waals surface area contributed by atoms with Crippen molar-refractivity contribution in [3.63, 3.8) is 0 Å². The van der Waals surface area contributed by atoms with Gasteiger partial charge in [-0.05, 0) is 30.5 Å². The summed E-state index contributed by atoms with van der Waals surface area (Å²) in [5, 5.41) is 0. The number of nitrogens with one attached hydrogen (secondary N) is 1. The molecule has 4 heteroatoms. The molecule has 0 saturated heterocycles. The fourth-order valence-electron chi connectivity index (χ4n) is 2.24. The van der Waals surface area contributed by atoms with Crippen molar-refractivity contribution in [3.05, 3.63) is 53.1 Å². The Bertz CT molecular complexity index is 508. The molecule has 0 aliphatic carbocycles. The molecule has 0 spiro atoms. The van der Waals surface area contributed by atoms with Crippen molar-refractivity contribution in [2.24, 2.45) is 5.73 Å². The van der Waals surface area contributed by atoms with E-state index in [4.69, 9.17) is 10.5 Å². The largest absolute Gasteiger partial charge is 0.379 e. The standard InChI is InChI=1S/C15H21N3O/c1-11-4-3-5-13(12(11)2)14(9-19-7-6-16)15-8-17-10-18-15/h3-5,8,10,14H,6-7,9,16H2,1-2H3,(H,17,18). The first-order valence-corrected chi connectivity index (χ1v) is 6.56. The lowest BCUT2D eigenvalue weighted by molar-refractivity contribution is 0.133. The van der Waals surface area contributed by atoms with Crippen molar-refractivity contribution in [3.8, 4) is 0 Å². The van der Waals surface area contributed by atoms with Crippen molar-refractivity contribution >= 4 is 0 Å². The summed E-state index contributed by atoms with van der Waals surface area (Å²) in [6, 6.07) is 6.37. The minimum Gasteiger partial charge on any atom is -0.379 e. The highest BCUT2D eigenvalue weighted by Gasteiger charge is 2.18. The zero-order valence-corrected chi connectivity index (χ0v) is 11.5. The fourth-order valence-corrected chi connectivity index (χ4v) is 2.24. The van der Waals surface area contributed by atoms with E-state index in [0.29, 0.717) is 19.8 Å². The van der Waals surface area contributed by atoms with Gasteiger partial charge in [0, 0.05) is 24.4 Å². The third-order valence-corrected chi connectivity index (χ3v) is 3.46. The van der Waals surface area contributed by atoms with E-state index in [1.54, 1.807) is 6.33 Å². The van der Waals surface area contributed by atoms with Crippen LogP contribution in [0.2, 0.25) is 0 Å². The van der Waals surface area contributed by atoms with Gasteiger partial charge in [-0.25, -0.2) is 4.98 Å². The predicted octanol–water partition coefficient (Wildman–Crippen LogP) is 2.13. The van der Waals surface area contributed by atoms with Crippen molar-refractivity contribution in [2.75, 3.05) is 19.8 Å². The van der Waals surface area contributed by atoms with E-state index in [1.165, 1.54) is 16.7 Å². The molecule has 2 aromatic rings. The second-order valence-electron chi connectivity index (χ2n) is 4.71. The lowest BCUT2D eigenvalue weighted by Crippen LogP contribution is -2.16. The normalized spacial score (nSPS) is 12.6. The van der Waals surface area contributed by atoms with Gasteiger partial charge in [-0.3, -0.25) is 0 Å². The van der Waals surface area contributed by atoms with Gasteiger partial charge in [-0.1, -0.05) is 18.2 Å². The number of aromatic amines is 1. The minimum absolute atomic E-state index is 0.175. The van der Waals surface area contributed by atoms with Crippen LogP contribution in [-0.4, -0.2) is 29.7 Å². The molecular weight excluding hydrogens is 238 g/mol. The third-order valence-electron chi connectivity index (χ3n) is 3.46. The summed E-state index contributed by atoms with van der Waals surface area (Å²) in [5.74, 6) is 0.175. The number of imidazole rings is 1. The molecule has 1 aromatic heterocycles. The monoisotopic (exact) mass is 259 g/mol. The van der Waals surface area contributed by atoms with Gasteiger partial charge in [0.15, 0.2) is 0 Å². The number of benzene rings is 1. The molecule has 1 unspecified atom stereocenters. The molecule has 0 radical (unpaired) electrons. The van der Waals surface area contributed by atoms with Gasteiger partial charge in [0.2, 0.25) is 0 Å². The van der Waals surface area contributed by atoms with Gasteiger partial charge < -0.3 is 15.5 Å². The van der Waals surface area contributed by atoms with Crippen LogP contribution in [0.25, 0.3) is 0 Å². The number of hydrogen-bond donors (Lipinski definition) is 2. The van der Waals surface area contributed by atoms with E-state index in [0.717, 1.165) is 5.69 Å². The Kier molecular flexibility index (Phi) is 4.71. The molecule has 3 N–H and O–H groups in total. The highest BCUT2D eigenvalue weighted by Crippen LogP contribution is 2.27. The molecule has 0 aliphatic rings. The van der Waals surface area contributed by atoms with E-state index >= 15 is 0 Å². The topological polar surface area (TPSA) is 63.9 Å². The molecule has 1 heterocycles. The number of hydrogen-bond acceptors (Lipinski definition) is 3. The van der Waals surface area contributed by atoms with Crippen molar-refractivity contribution in [2.45, 2.75) is 19.8 Å². The van der Waals surface area contributed by atoms with Gasteiger partial charge >= 0.3 is 0 Å². The van der Waals surface area contributed by atoms with Crippen molar-refractivity contribution in [1.29, 1.82) is 0 Å². The first kappa shape index (κ1) is 13.8. The molecule has 2 rings (SSSR count). The van der Waals surface area contributed by atoms with Crippen LogP contribution >= 0.6 is 0 Å². The zero-order chi connectivity index (χ0) is 13.7. The van der Waals surface area contributed by atoms with E-state index < -0.39 is 0 Å². The molecule has 0 bridgehead atoms. The molecule has 0 aliphatic heterocycles. The fraction of sp³-hybridized carbons (Fsp3) is 0.400. The molecule has 19 heavy (non-hydrogen) atoms. The maximum Gasteiger partial charge on any atom is 0.0921 e. The summed E-state index contributed by atoms with van der Waals surface area (Å²) < 4.78 is 5.65. The van der Waals surface area contributed by atoms with Gasteiger partial charge in [0.05, 0.1) is 19.5 Å². The Labute approximate surface area is 114 Å². The minimum atomic E-state index is 0.175. The number of aromatic nitrogens is 2. The maximum absolute atomic E-state index is 5.65. The molecule has 102 valence electrons.